The van der Waals surface area contributed by atoms with Crippen molar-refractivity contribution >= 4 is 23.0 Å². The maximum absolute atomic E-state index is 13.7. The summed E-state index contributed by atoms with van der Waals surface area (Å²) in [6, 6.07) is 26.1. The van der Waals surface area contributed by atoms with E-state index in [0.717, 1.165) is 58.9 Å². The summed E-state index contributed by atoms with van der Waals surface area (Å²) in [5, 5.41) is 0. The number of anilines is 1. The van der Waals surface area contributed by atoms with E-state index in [-0.39, 0.29) is 5.91 Å². The Kier molecular flexibility index (Phi) is 5.80. The molecule has 5 heteroatoms. The van der Waals surface area contributed by atoms with Crippen LogP contribution in [0.25, 0.3) is 5.57 Å². The summed E-state index contributed by atoms with van der Waals surface area (Å²) in [6.07, 6.45) is 1.56. The number of carbonyl (C=O) groups is 1. The molecule has 0 bridgehead atoms. The number of amides is 1. The van der Waals surface area contributed by atoms with Gasteiger partial charge in [0.2, 0.25) is 0 Å². The molecule has 5 rings (SSSR count). The molecule has 1 amide bonds. The van der Waals surface area contributed by atoms with E-state index < -0.39 is 0 Å². The van der Waals surface area contributed by atoms with E-state index in [1.807, 2.05) is 86.9 Å². The van der Waals surface area contributed by atoms with Gasteiger partial charge in [0, 0.05) is 18.5 Å². The highest BCUT2D eigenvalue weighted by molar-refractivity contribution is 6.31. The minimum Gasteiger partial charge on any atom is -0.492 e. The highest BCUT2D eigenvalue weighted by atomic mass is 16.5. The first-order valence-corrected chi connectivity index (χ1v) is 11.3. The molecule has 2 heterocycles. The van der Waals surface area contributed by atoms with Crippen molar-refractivity contribution in [2.24, 2.45) is 4.99 Å². The summed E-state index contributed by atoms with van der Waals surface area (Å²) in [4.78, 5) is 22.5. The zero-order chi connectivity index (χ0) is 22.8. The number of hydrogen-bond donors (Lipinski definition) is 0. The van der Waals surface area contributed by atoms with Gasteiger partial charge in [-0.25, -0.2) is 4.99 Å². The fraction of sp³-hybridized carbons (Fsp3) is 0.214. The second-order valence-electron chi connectivity index (χ2n) is 8.57. The molecule has 33 heavy (non-hydrogen) atoms. The highest BCUT2D eigenvalue weighted by Gasteiger charge is 2.37. The Morgan fingerprint density at radius 3 is 2.24 bits per heavy atom. The van der Waals surface area contributed by atoms with Gasteiger partial charge >= 0.3 is 0 Å². The number of benzene rings is 3. The van der Waals surface area contributed by atoms with Crippen LogP contribution in [0.2, 0.25) is 0 Å². The van der Waals surface area contributed by atoms with E-state index in [1.54, 1.807) is 4.90 Å². The number of ether oxygens (including phenoxy) is 1. The first kappa shape index (κ1) is 21.2. The fourth-order valence-corrected chi connectivity index (χ4v) is 4.34. The number of rotatable bonds is 6. The maximum atomic E-state index is 13.7. The number of hydrogen-bond acceptors (Lipinski definition) is 4. The van der Waals surface area contributed by atoms with Crippen LogP contribution in [0.3, 0.4) is 0 Å². The zero-order valence-electron chi connectivity index (χ0n) is 19.0. The van der Waals surface area contributed by atoms with E-state index in [9.17, 15) is 4.79 Å². The summed E-state index contributed by atoms with van der Waals surface area (Å²) < 4.78 is 5.91. The topological polar surface area (TPSA) is 45.1 Å². The summed E-state index contributed by atoms with van der Waals surface area (Å²) in [6.45, 7) is 1.49. The van der Waals surface area contributed by atoms with Crippen molar-refractivity contribution in [3.63, 3.8) is 0 Å². The number of carbonyl (C=O) groups excluding carboxylic acids is 1. The van der Waals surface area contributed by atoms with Crippen LogP contribution in [0, 0.1) is 0 Å². The normalized spacial score (nSPS) is 14.8. The van der Waals surface area contributed by atoms with Gasteiger partial charge in [-0.3, -0.25) is 9.69 Å². The van der Waals surface area contributed by atoms with Gasteiger partial charge in [-0.05, 0) is 55.4 Å². The standard InChI is InChI=1S/C28H27N3O2/c1-30(2)17-18-33-23-14-15-24-22(19-23)13-16-25-29-27(28(32)31(24)25)26(20-9-5-3-6-10-20)21-11-7-4-8-12-21/h3-12,14-15,19H,13,16-18H2,1-2H3. The first-order valence-electron chi connectivity index (χ1n) is 11.3. The minimum atomic E-state index is -0.0741. The van der Waals surface area contributed by atoms with Crippen LogP contribution in [0.15, 0.2) is 89.6 Å². The predicted octanol–water partition coefficient (Wildman–Crippen LogP) is 4.78. The number of fused-ring (bicyclic) bond motifs is 3. The number of nitrogens with zero attached hydrogens (tertiary/aromatic N) is 3. The average Bonchev–Trinajstić information content (AvgIpc) is 3.17. The zero-order valence-corrected chi connectivity index (χ0v) is 19.0. The van der Waals surface area contributed by atoms with Crippen LogP contribution < -0.4 is 9.64 Å². The minimum absolute atomic E-state index is 0.0741. The third-order valence-corrected chi connectivity index (χ3v) is 5.98. The van der Waals surface area contributed by atoms with Crippen LogP contribution in [-0.4, -0.2) is 43.9 Å². The van der Waals surface area contributed by atoms with E-state index >= 15 is 0 Å². The Morgan fingerprint density at radius 2 is 1.61 bits per heavy atom. The lowest BCUT2D eigenvalue weighted by Gasteiger charge is -2.27. The van der Waals surface area contributed by atoms with E-state index in [2.05, 4.69) is 11.0 Å². The van der Waals surface area contributed by atoms with Crippen molar-refractivity contribution in [2.45, 2.75) is 12.8 Å². The predicted molar refractivity (Wildman–Crippen MR) is 133 cm³/mol. The highest BCUT2D eigenvalue weighted by Crippen LogP contribution is 2.39. The molecule has 0 radical (unpaired) electrons. The Balaban J connectivity index is 1.52. The third-order valence-electron chi connectivity index (χ3n) is 5.98. The fourth-order valence-electron chi connectivity index (χ4n) is 4.34. The SMILES string of the molecule is CN(C)CCOc1ccc2c(c1)CCC1=NC(=C(c3ccccc3)c3ccccc3)C(=O)N12. The number of likely N-dealkylation sites (N-methyl/N-ethyl adjacent to an activating group) is 1. The van der Waals surface area contributed by atoms with Crippen molar-refractivity contribution in [1.82, 2.24) is 4.90 Å². The molecule has 0 aliphatic carbocycles. The van der Waals surface area contributed by atoms with Gasteiger partial charge < -0.3 is 9.64 Å². The average molecular weight is 438 g/mol. The molecule has 3 aromatic carbocycles. The molecule has 5 nitrogen and oxygen atoms in total. The summed E-state index contributed by atoms with van der Waals surface area (Å²) >= 11 is 0. The quantitative estimate of drug-likeness (QED) is 0.522. The lowest BCUT2D eigenvalue weighted by Crippen LogP contribution is -2.36. The van der Waals surface area contributed by atoms with Gasteiger partial charge in [0.15, 0.2) is 0 Å². The number of aliphatic imine (C=N–C) groups is 1. The molecule has 2 aliphatic rings. The molecule has 3 aromatic rings. The van der Waals surface area contributed by atoms with Crippen molar-refractivity contribution in [3.8, 4) is 5.75 Å². The van der Waals surface area contributed by atoms with E-state index in [4.69, 9.17) is 9.73 Å². The molecule has 0 unspecified atom stereocenters. The summed E-state index contributed by atoms with van der Waals surface area (Å²) in [5.41, 5.74) is 5.37. The van der Waals surface area contributed by atoms with Gasteiger partial charge in [0.1, 0.15) is 23.9 Å². The summed E-state index contributed by atoms with van der Waals surface area (Å²) in [5.74, 6) is 1.58. The van der Waals surface area contributed by atoms with Gasteiger partial charge in [0.05, 0.1) is 5.69 Å². The second-order valence-corrected chi connectivity index (χ2v) is 8.57. The maximum Gasteiger partial charge on any atom is 0.283 e. The van der Waals surface area contributed by atoms with Crippen molar-refractivity contribution < 1.29 is 9.53 Å². The molecular formula is C28H27N3O2. The van der Waals surface area contributed by atoms with Gasteiger partial charge in [-0.2, -0.15) is 0 Å². The monoisotopic (exact) mass is 437 g/mol. The molecule has 2 aliphatic heterocycles. The molecule has 0 atom stereocenters. The first-order chi connectivity index (χ1) is 16.1. The smallest absolute Gasteiger partial charge is 0.283 e. The molecule has 166 valence electrons. The van der Waals surface area contributed by atoms with Crippen LogP contribution >= 0.6 is 0 Å². The third kappa shape index (κ3) is 4.20. The van der Waals surface area contributed by atoms with Gasteiger partial charge in [-0.1, -0.05) is 60.7 Å². The van der Waals surface area contributed by atoms with Crippen molar-refractivity contribution in [1.29, 1.82) is 0 Å². The van der Waals surface area contributed by atoms with Crippen LogP contribution in [-0.2, 0) is 11.2 Å². The molecular weight excluding hydrogens is 410 g/mol. The molecule has 0 N–H and O–H groups in total. The lowest BCUT2D eigenvalue weighted by molar-refractivity contribution is -0.113. The molecule has 0 aromatic heterocycles. The molecule has 0 saturated heterocycles. The summed E-state index contributed by atoms with van der Waals surface area (Å²) in [7, 11) is 4.06. The van der Waals surface area contributed by atoms with E-state index in [1.165, 1.54) is 0 Å². The largest absolute Gasteiger partial charge is 0.492 e. The Labute approximate surface area is 194 Å². The van der Waals surface area contributed by atoms with Crippen LogP contribution in [0.4, 0.5) is 5.69 Å². The van der Waals surface area contributed by atoms with Gasteiger partial charge in [0.25, 0.3) is 5.91 Å². The van der Waals surface area contributed by atoms with Crippen LogP contribution in [0.1, 0.15) is 23.1 Å². The Bertz CT molecular complexity index is 1190. The lowest BCUT2D eigenvalue weighted by atomic mass is 9.95. The Hall–Kier alpha value is -3.70. The Morgan fingerprint density at radius 1 is 0.939 bits per heavy atom. The number of aryl methyl sites for hydroxylation is 1. The van der Waals surface area contributed by atoms with Crippen LogP contribution in [0.5, 0.6) is 5.75 Å². The van der Waals surface area contributed by atoms with Crippen molar-refractivity contribution in [2.75, 3.05) is 32.1 Å². The molecule has 0 spiro atoms. The van der Waals surface area contributed by atoms with Gasteiger partial charge in [-0.15, -0.1) is 0 Å². The molecule has 0 fully saturated rings. The van der Waals surface area contributed by atoms with E-state index in [0.29, 0.717) is 12.3 Å². The second kappa shape index (κ2) is 9.04. The number of amidine groups is 1. The molecule has 0 saturated carbocycles. The van der Waals surface area contributed by atoms with Crippen molar-refractivity contribution in [3.05, 3.63) is 101 Å².